The Morgan fingerprint density at radius 3 is 2.62 bits per heavy atom. The van der Waals surface area contributed by atoms with E-state index in [0.29, 0.717) is 33.4 Å². The largest absolute Gasteiger partial charge is 0.491 e. The molecule has 1 unspecified atom stereocenters. The Morgan fingerprint density at radius 1 is 1.13 bits per heavy atom. The number of rotatable bonds is 9. The highest BCUT2D eigenvalue weighted by molar-refractivity contribution is 14.1. The minimum atomic E-state index is -0.916. The molecule has 4 aromatic rings. The summed E-state index contributed by atoms with van der Waals surface area (Å²) in [4.78, 5) is 35.6. The molecule has 1 saturated heterocycles. The molecule has 2 atom stereocenters. The standard InChI is InChI=1S/C28H23ClFIN4O4/c29-21-4-2-1-3-17(21)13-24(26-32-15-23(33-26)20-10-7-18(31)14-22(20)30)35-27(37)25(34-28(35)38)16-5-8-19(9-6-16)39-12-11-36/h1-10,14-15,24-25,36H,11-13H2,(H,32,33)(H,34,38)/t24-,25?/m0/s1. The van der Waals surface area contributed by atoms with Crippen molar-refractivity contribution in [2.24, 2.45) is 0 Å². The number of aromatic amines is 1. The fourth-order valence-electron chi connectivity index (χ4n) is 4.47. The van der Waals surface area contributed by atoms with E-state index in [2.05, 4.69) is 15.3 Å². The van der Waals surface area contributed by atoms with Crippen LogP contribution in [0, 0.1) is 9.39 Å². The van der Waals surface area contributed by atoms with Crippen molar-refractivity contribution < 1.29 is 23.8 Å². The van der Waals surface area contributed by atoms with Gasteiger partial charge >= 0.3 is 6.03 Å². The highest BCUT2D eigenvalue weighted by Crippen LogP contribution is 2.34. The minimum absolute atomic E-state index is 0.120. The van der Waals surface area contributed by atoms with Crippen molar-refractivity contribution in [1.29, 1.82) is 0 Å². The molecule has 1 fully saturated rings. The molecule has 1 aliphatic heterocycles. The molecule has 5 rings (SSSR count). The van der Waals surface area contributed by atoms with Crippen LogP contribution < -0.4 is 10.1 Å². The predicted molar refractivity (Wildman–Crippen MR) is 152 cm³/mol. The van der Waals surface area contributed by atoms with E-state index >= 15 is 0 Å². The smallest absolute Gasteiger partial charge is 0.325 e. The second-order valence-corrected chi connectivity index (χ2v) is 10.5. The normalized spacial score (nSPS) is 15.9. The first-order chi connectivity index (χ1) is 18.9. The van der Waals surface area contributed by atoms with Crippen molar-refractivity contribution in [3.05, 3.63) is 104 Å². The second kappa shape index (κ2) is 11.7. The molecule has 1 aliphatic rings. The average Bonchev–Trinajstić information content (AvgIpc) is 3.52. The van der Waals surface area contributed by atoms with Crippen molar-refractivity contribution >= 4 is 46.1 Å². The van der Waals surface area contributed by atoms with Crippen LogP contribution in [-0.2, 0) is 11.2 Å². The van der Waals surface area contributed by atoms with Gasteiger partial charge in [-0.2, -0.15) is 0 Å². The lowest BCUT2D eigenvalue weighted by Crippen LogP contribution is -2.37. The first-order valence-electron chi connectivity index (χ1n) is 12.1. The molecule has 3 amide bonds. The maximum atomic E-state index is 14.7. The summed E-state index contributed by atoms with van der Waals surface area (Å²) in [5.41, 5.74) is 2.04. The molecule has 39 heavy (non-hydrogen) atoms. The summed E-state index contributed by atoms with van der Waals surface area (Å²) in [6.45, 7) is 0.0264. The van der Waals surface area contributed by atoms with E-state index in [1.807, 2.05) is 34.7 Å². The fraction of sp³-hybridized carbons (Fsp3) is 0.179. The number of carbonyl (C=O) groups is 2. The molecule has 0 aliphatic carbocycles. The zero-order valence-corrected chi connectivity index (χ0v) is 23.3. The summed E-state index contributed by atoms with van der Waals surface area (Å²) in [5, 5.41) is 12.2. The highest BCUT2D eigenvalue weighted by atomic mass is 127. The number of imide groups is 1. The molecule has 0 bridgehead atoms. The average molecular weight is 661 g/mol. The van der Waals surface area contributed by atoms with Crippen molar-refractivity contribution in [1.82, 2.24) is 20.2 Å². The minimum Gasteiger partial charge on any atom is -0.491 e. The Labute approximate surface area is 242 Å². The summed E-state index contributed by atoms with van der Waals surface area (Å²) < 4.78 is 20.8. The van der Waals surface area contributed by atoms with Gasteiger partial charge in [-0.3, -0.25) is 9.69 Å². The molecule has 3 aromatic carbocycles. The van der Waals surface area contributed by atoms with Gasteiger partial charge in [-0.1, -0.05) is 41.9 Å². The number of halogens is 3. The van der Waals surface area contributed by atoms with Gasteiger partial charge in [0.2, 0.25) is 0 Å². The van der Waals surface area contributed by atoms with E-state index in [9.17, 15) is 14.0 Å². The lowest BCUT2D eigenvalue weighted by molar-refractivity contribution is -0.129. The number of H-pyrrole nitrogens is 1. The summed E-state index contributed by atoms with van der Waals surface area (Å²) in [6, 6.07) is 16.4. The Kier molecular flexibility index (Phi) is 8.15. The van der Waals surface area contributed by atoms with Crippen LogP contribution in [-0.4, -0.2) is 45.1 Å². The molecular weight excluding hydrogens is 638 g/mol. The molecule has 0 saturated carbocycles. The topological polar surface area (TPSA) is 108 Å². The molecule has 200 valence electrons. The van der Waals surface area contributed by atoms with Crippen LogP contribution in [0.1, 0.15) is 29.0 Å². The van der Waals surface area contributed by atoms with Crippen LogP contribution in [0.2, 0.25) is 5.02 Å². The van der Waals surface area contributed by atoms with Gasteiger partial charge in [-0.15, -0.1) is 0 Å². The lowest BCUT2D eigenvalue weighted by Gasteiger charge is -2.24. The number of ether oxygens (including phenoxy) is 1. The third kappa shape index (κ3) is 5.77. The van der Waals surface area contributed by atoms with Gasteiger partial charge in [0.15, 0.2) is 0 Å². The van der Waals surface area contributed by atoms with E-state index in [1.54, 1.807) is 48.5 Å². The molecule has 0 spiro atoms. The number of aliphatic hydroxyl groups is 1. The summed E-state index contributed by atoms with van der Waals surface area (Å²) in [6.07, 6.45) is 1.68. The number of amides is 3. The van der Waals surface area contributed by atoms with E-state index in [1.165, 1.54) is 12.3 Å². The number of nitrogens with zero attached hydrogens (tertiary/aromatic N) is 2. The van der Waals surface area contributed by atoms with Gasteiger partial charge in [0.25, 0.3) is 5.91 Å². The lowest BCUT2D eigenvalue weighted by atomic mass is 10.0. The molecule has 2 heterocycles. The molecule has 11 heteroatoms. The number of hydrogen-bond donors (Lipinski definition) is 3. The zero-order chi connectivity index (χ0) is 27.5. The van der Waals surface area contributed by atoms with E-state index in [-0.39, 0.29) is 19.6 Å². The number of aromatic nitrogens is 2. The molecule has 0 radical (unpaired) electrons. The van der Waals surface area contributed by atoms with Crippen LogP contribution in [0.3, 0.4) is 0 Å². The number of nitrogens with one attached hydrogen (secondary N) is 2. The number of aliphatic hydroxyl groups excluding tert-OH is 1. The SMILES string of the molecule is O=C1NC(c2ccc(OCCO)cc2)C(=O)N1[C@@H](Cc1ccccc1Cl)c1ncc(-c2ccc(I)cc2F)[nH]1. The maximum absolute atomic E-state index is 14.7. The second-order valence-electron chi connectivity index (χ2n) is 8.85. The zero-order valence-electron chi connectivity index (χ0n) is 20.4. The van der Waals surface area contributed by atoms with Crippen molar-refractivity contribution in [3.8, 4) is 17.0 Å². The van der Waals surface area contributed by atoms with E-state index in [0.717, 1.165) is 14.0 Å². The number of benzene rings is 3. The van der Waals surface area contributed by atoms with E-state index < -0.39 is 29.8 Å². The number of urea groups is 1. The number of carbonyl (C=O) groups excluding carboxylic acids is 2. The first kappa shape index (κ1) is 27.1. The van der Waals surface area contributed by atoms with Crippen LogP contribution in [0.25, 0.3) is 11.3 Å². The van der Waals surface area contributed by atoms with Gasteiger partial charge in [-0.05, 0) is 70.1 Å². The van der Waals surface area contributed by atoms with Gasteiger partial charge in [0.05, 0.1) is 18.5 Å². The monoisotopic (exact) mass is 660 g/mol. The van der Waals surface area contributed by atoms with Crippen LogP contribution in [0.5, 0.6) is 5.75 Å². The van der Waals surface area contributed by atoms with Crippen LogP contribution in [0.4, 0.5) is 9.18 Å². The van der Waals surface area contributed by atoms with Gasteiger partial charge < -0.3 is 20.1 Å². The predicted octanol–water partition coefficient (Wildman–Crippen LogP) is 5.42. The third-order valence-electron chi connectivity index (χ3n) is 6.36. The number of hydrogen-bond acceptors (Lipinski definition) is 5. The summed E-state index contributed by atoms with van der Waals surface area (Å²) in [5.74, 6) is -0.0237. The van der Waals surface area contributed by atoms with Crippen LogP contribution in [0.15, 0.2) is 72.9 Å². The number of imidazole rings is 1. The Bertz CT molecular complexity index is 1510. The van der Waals surface area contributed by atoms with Gasteiger partial charge in [-0.25, -0.2) is 14.2 Å². The Hall–Kier alpha value is -3.48. The third-order valence-corrected chi connectivity index (χ3v) is 7.40. The molecule has 1 aromatic heterocycles. The maximum Gasteiger partial charge on any atom is 0.325 e. The van der Waals surface area contributed by atoms with Crippen molar-refractivity contribution in [2.75, 3.05) is 13.2 Å². The summed E-state index contributed by atoms with van der Waals surface area (Å²) >= 11 is 8.47. The Morgan fingerprint density at radius 2 is 1.90 bits per heavy atom. The van der Waals surface area contributed by atoms with Gasteiger partial charge in [0.1, 0.15) is 36.1 Å². The summed E-state index contributed by atoms with van der Waals surface area (Å²) in [7, 11) is 0. The van der Waals surface area contributed by atoms with Crippen molar-refractivity contribution in [3.63, 3.8) is 0 Å². The Balaban J connectivity index is 1.48. The van der Waals surface area contributed by atoms with Gasteiger partial charge in [0, 0.05) is 20.6 Å². The first-order valence-corrected chi connectivity index (χ1v) is 13.5. The van der Waals surface area contributed by atoms with Crippen LogP contribution >= 0.6 is 34.2 Å². The fourth-order valence-corrected chi connectivity index (χ4v) is 5.13. The quantitative estimate of drug-likeness (QED) is 0.164. The van der Waals surface area contributed by atoms with Crippen molar-refractivity contribution in [2.45, 2.75) is 18.5 Å². The highest BCUT2D eigenvalue weighted by Gasteiger charge is 2.44. The molecule has 8 nitrogen and oxygen atoms in total. The molecule has 3 N–H and O–H groups in total. The molecular formula is C28H23ClFIN4O4. The van der Waals surface area contributed by atoms with E-state index in [4.69, 9.17) is 21.4 Å².